The molecule has 0 aliphatic rings. The molecule has 1 amide bonds. The highest BCUT2D eigenvalue weighted by molar-refractivity contribution is 7.87. The maximum atomic E-state index is 11.9. The Kier molecular flexibility index (Phi) is 6.65. The molecule has 0 heterocycles. The number of rotatable bonds is 6. The molecule has 0 aliphatic heterocycles. The van der Waals surface area contributed by atoms with Gasteiger partial charge in [-0.1, -0.05) is 0 Å². The quantitative estimate of drug-likeness (QED) is 0.780. The zero-order valence-corrected chi connectivity index (χ0v) is 11.8. The molecule has 0 unspecified atom stereocenters. The van der Waals surface area contributed by atoms with E-state index in [0.29, 0.717) is 0 Å². The first kappa shape index (κ1) is 16.7. The van der Waals surface area contributed by atoms with E-state index in [1.165, 1.54) is 0 Å². The molecule has 0 aromatic rings. The molecule has 1 N–H and O–H groups in total. The predicted molar refractivity (Wildman–Crippen MR) is 65.7 cm³/mol. The van der Waals surface area contributed by atoms with Crippen LogP contribution < -0.4 is 4.72 Å². The molecule has 0 rings (SSSR count). The van der Waals surface area contributed by atoms with Gasteiger partial charge in [0.1, 0.15) is 0 Å². The van der Waals surface area contributed by atoms with E-state index in [1.54, 1.807) is 32.4 Å². The molecule has 18 heavy (non-hydrogen) atoms. The molecule has 0 bridgehead atoms. The summed E-state index contributed by atoms with van der Waals surface area (Å²) >= 11 is 0. The zero-order chi connectivity index (χ0) is 14.3. The van der Waals surface area contributed by atoms with Gasteiger partial charge < -0.3 is 4.74 Å². The first-order chi connectivity index (χ1) is 8.20. The lowest BCUT2D eigenvalue weighted by Gasteiger charge is -2.24. The second-order valence-electron chi connectivity index (χ2n) is 4.17. The summed E-state index contributed by atoms with van der Waals surface area (Å²) in [5, 5.41) is 8.48. The molecular weight excluding hydrogens is 258 g/mol. The van der Waals surface area contributed by atoms with Crippen LogP contribution in [0.25, 0.3) is 0 Å². The number of hydrogen-bond acceptors (Lipinski definition) is 5. The van der Waals surface area contributed by atoms with Crippen molar-refractivity contribution in [2.24, 2.45) is 0 Å². The van der Waals surface area contributed by atoms with Crippen molar-refractivity contribution in [1.29, 1.82) is 5.26 Å². The molecular formula is C10H19N3O4S. The SMILES string of the molecule is CC(C)OC(=O)NS(=O)(=O)N(CCC#N)C(C)C. The Hall–Kier alpha value is -1.33. The second-order valence-corrected chi connectivity index (χ2v) is 5.80. The van der Waals surface area contributed by atoms with E-state index in [0.717, 1.165) is 4.31 Å². The van der Waals surface area contributed by atoms with Gasteiger partial charge >= 0.3 is 16.3 Å². The predicted octanol–water partition coefficient (Wildman–Crippen LogP) is 0.990. The van der Waals surface area contributed by atoms with Gasteiger partial charge in [0.2, 0.25) is 0 Å². The smallest absolute Gasteiger partial charge is 0.422 e. The van der Waals surface area contributed by atoms with E-state index >= 15 is 0 Å². The first-order valence-electron chi connectivity index (χ1n) is 5.57. The zero-order valence-electron chi connectivity index (χ0n) is 11.0. The average Bonchev–Trinajstić information content (AvgIpc) is 2.14. The van der Waals surface area contributed by atoms with Crippen molar-refractivity contribution in [2.45, 2.75) is 46.3 Å². The minimum absolute atomic E-state index is 0.0262. The van der Waals surface area contributed by atoms with Crippen LogP contribution in [0.4, 0.5) is 4.79 Å². The van der Waals surface area contributed by atoms with Gasteiger partial charge in [-0.2, -0.15) is 18.0 Å². The summed E-state index contributed by atoms with van der Waals surface area (Å²) in [6.07, 6.45) is -1.38. The molecule has 0 aliphatic carbocycles. The van der Waals surface area contributed by atoms with Crippen LogP contribution in [0.15, 0.2) is 0 Å². The maximum absolute atomic E-state index is 11.9. The van der Waals surface area contributed by atoms with E-state index in [9.17, 15) is 13.2 Å². The number of carbonyl (C=O) groups is 1. The number of nitrogens with one attached hydrogen (secondary N) is 1. The van der Waals surface area contributed by atoms with Gasteiger partial charge in [-0.25, -0.2) is 9.52 Å². The highest BCUT2D eigenvalue weighted by Crippen LogP contribution is 2.06. The Morgan fingerprint density at radius 1 is 1.39 bits per heavy atom. The van der Waals surface area contributed by atoms with Crippen molar-refractivity contribution in [3.8, 4) is 6.07 Å². The summed E-state index contributed by atoms with van der Waals surface area (Å²) in [6, 6.07) is 1.50. The van der Waals surface area contributed by atoms with Crippen LogP contribution in [-0.2, 0) is 14.9 Å². The number of nitriles is 1. The lowest BCUT2D eigenvalue weighted by molar-refractivity contribution is 0.121. The molecule has 0 radical (unpaired) electrons. The van der Waals surface area contributed by atoms with Crippen LogP contribution in [0.5, 0.6) is 0 Å². The Morgan fingerprint density at radius 2 is 1.94 bits per heavy atom. The van der Waals surface area contributed by atoms with E-state index in [1.807, 2.05) is 6.07 Å². The summed E-state index contributed by atoms with van der Waals surface area (Å²) in [5.41, 5.74) is 0. The molecule has 0 aromatic carbocycles. The van der Waals surface area contributed by atoms with Gasteiger partial charge in [0.15, 0.2) is 0 Å². The summed E-state index contributed by atoms with van der Waals surface area (Å²) in [5.74, 6) is 0. The van der Waals surface area contributed by atoms with Crippen molar-refractivity contribution < 1.29 is 17.9 Å². The molecule has 8 heteroatoms. The monoisotopic (exact) mass is 277 g/mol. The van der Waals surface area contributed by atoms with Gasteiger partial charge in [0, 0.05) is 19.0 Å². The van der Waals surface area contributed by atoms with Crippen LogP contribution in [0.1, 0.15) is 34.1 Å². The minimum atomic E-state index is -3.98. The van der Waals surface area contributed by atoms with Gasteiger partial charge in [-0.15, -0.1) is 0 Å². The molecule has 0 saturated carbocycles. The van der Waals surface area contributed by atoms with Crippen molar-refractivity contribution in [1.82, 2.24) is 9.03 Å². The third-order valence-electron chi connectivity index (χ3n) is 1.88. The molecule has 0 aromatic heterocycles. The van der Waals surface area contributed by atoms with E-state index in [4.69, 9.17) is 10.00 Å². The summed E-state index contributed by atoms with van der Waals surface area (Å²) in [7, 11) is -3.98. The molecule has 0 atom stereocenters. The lowest BCUT2D eigenvalue weighted by atomic mass is 10.3. The van der Waals surface area contributed by atoms with Gasteiger partial charge in [-0.05, 0) is 27.7 Å². The number of amides is 1. The summed E-state index contributed by atoms with van der Waals surface area (Å²) < 4.78 is 31.3. The Labute approximate surface area is 108 Å². The standard InChI is InChI=1S/C10H19N3O4S/c1-8(2)13(7-5-6-11)18(15,16)12-10(14)17-9(3)4/h8-9H,5,7H2,1-4H3,(H,12,14). The molecule has 7 nitrogen and oxygen atoms in total. The second kappa shape index (κ2) is 7.18. The average molecular weight is 277 g/mol. The summed E-state index contributed by atoms with van der Waals surface area (Å²) in [6.45, 7) is 6.57. The van der Waals surface area contributed by atoms with E-state index < -0.39 is 22.4 Å². The maximum Gasteiger partial charge on any atom is 0.422 e. The van der Waals surface area contributed by atoms with Crippen LogP contribution in [0.2, 0.25) is 0 Å². The van der Waals surface area contributed by atoms with Crippen LogP contribution in [0.3, 0.4) is 0 Å². The van der Waals surface area contributed by atoms with Crippen LogP contribution >= 0.6 is 0 Å². The largest absolute Gasteiger partial charge is 0.446 e. The van der Waals surface area contributed by atoms with Gasteiger partial charge in [-0.3, -0.25) is 0 Å². The number of hydrogen-bond donors (Lipinski definition) is 1. The van der Waals surface area contributed by atoms with Crippen molar-refractivity contribution >= 4 is 16.3 Å². The topological polar surface area (TPSA) is 99.5 Å². The van der Waals surface area contributed by atoms with E-state index in [-0.39, 0.29) is 19.0 Å². The first-order valence-corrected chi connectivity index (χ1v) is 7.02. The van der Waals surface area contributed by atoms with Crippen LogP contribution in [-0.4, -0.2) is 37.5 Å². The fraction of sp³-hybridized carbons (Fsp3) is 0.800. The lowest BCUT2D eigenvalue weighted by Crippen LogP contribution is -2.47. The van der Waals surface area contributed by atoms with Gasteiger partial charge in [0.25, 0.3) is 0 Å². The Balaban J connectivity index is 4.76. The van der Waals surface area contributed by atoms with Crippen molar-refractivity contribution in [3.63, 3.8) is 0 Å². The molecule has 0 spiro atoms. The number of ether oxygens (including phenoxy) is 1. The molecule has 104 valence electrons. The minimum Gasteiger partial charge on any atom is -0.446 e. The normalized spacial score (nSPS) is 11.7. The highest BCUT2D eigenvalue weighted by Gasteiger charge is 2.27. The summed E-state index contributed by atoms with van der Waals surface area (Å²) in [4.78, 5) is 11.3. The Bertz CT molecular complexity index is 411. The Morgan fingerprint density at radius 3 is 2.33 bits per heavy atom. The fourth-order valence-electron chi connectivity index (χ4n) is 1.22. The van der Waals surface area contributed by atoms with Crippen LogP contribution in [0, 0.1) is 11.3 Å². The van der Waals surface area contributed by atoms with Gasteiger partial charge in [0.05, 0.1) is 12.2 Å². The third kappa shape index (κ3) is 5.84. The van der Waals surface area contributed by atoms with Crippen molar-refractivity contribution in [2.75, 3.05) is 6.54 Å². The number of carbonyl (C=O) groups excluding carboxylic acids is 1. The highest BCUT2D eigenvalue weighted by atomic mass is 32.2. The molecule has 0 fully saturated rings. The fourth-order valence-corrected chi connectivity index (χ4v) is 2.48. The number of nitrogens with zero attached hydrogens (tertiary/aromatic N) is 2. The third-order valence-corrected chi connectivity index (χ3v) is 3.53. The molecule has 0 saturated heterocycles. The van der Waals surface area contributed by atoms with E-state index in [2.05, 4.69) is 0 Å². The van der Waals surface area contributed by atoms with Crippen molar-refractivity contribution in [3.05, 3.63) is 0 Å².